The number of likely N-dealkylation sites (tertiary alicyclic amines) is 1. The van der Waals surface area contributed by atoms with Gasteiger partial charge in [0.1, 0.15) is 0 Å². The van der Waals surface area contributed by atoms with Gasteiger partial charge in [-0.15, -0.1) is 22.7 Å². The molecule has 0 N–H and O–H groups in total. The van der Waals surface area contributed by atoms with Gasteiger partial charge in [-0.05, 0) is 50.9 Å². The number of nitrogens with zero attached hydrogens (tertiary/aromatic N) is 2. The summed E-state index contributed by atoms with van der Waals surface area (Å²) in [7, 11) is 1.86. The Balaban J connectivity index is 1.51. The average Bonchev–Trinajstić information content (AvgIpc) is 3.28. The van der Waals surface area contributed by atoms with Crippen molar-refractivity contribution in [1.29, 1.82) is 0 Å². The summed E-state index contributed by atoms with van der Waals surface area (Å²) >= 11 is 3.22. The zero-order chi connectivity index (χ0) is 18.0. The van der Waals surface area contributed by atoms with E-state index in [0.29, 0.717) is 16.4 Å². The van der Waals surface area contributed by atoms with Gasteiger partial charge in [0.25, 0.3) is 5.91 Å². The van der Waals surface area contributed by atoms with E-state index in [2.05, 4.69) is 24.0 Å². The molecule has 25 heavy (non-hydrogen) atoms. The molecule has 1 aliphatic heterocycles. The van der Waals surface area contributed by atoms with Crippen LogP contribution in [0.5, 0.6) is 0 Å². The van der Waals surface area contributed by atoms with Crippen LogP contribution in [0.3, 0.4) is 0 Å². The van der Waals surface area contributed by atoms with Crippen LogP contribution in [0, 0.1) is 12.8 Å². The molecule has 3 heterocycles. The molecule has 2 aromatic rings. The number of carbonyl (C=O) groups excluding carboxylic acids is 2. The van der Waals surface area contributed by atoms with Gasteiger partial charge < -0.3 is 4.90 Å². The first-order chi connectivity index (χ1) is 11.9. The van der Waals surface area contributed by atoms with Crippen LogP contribution in [0.15, 0.2) is 23.6 Å². The summed E-state index contributed by atoms with van der Waals surface area (Å²) in [5.41, 5.74) is 0.625. The average molecular weight is 377 g/mol. The van der Waals surface area contributed by atoms with Crippen molar-refractivity contribution in [2.45, 2.75) is 26.8 Å². The second kappa shape index (κ2) is 7.81. The van der Waals surface area contributed by atoms with Gasteiger partial charge in [0.15, 0.2) is 5.78 Å². The molecule has 6 heteroatoms. The number of hydrogen-bond donors (Lipinski definition) is 0. The van der Waals surface area contributed by atoms with Crippen molar-refractivity contribution in [3.05, 3.63) is 43.8 Å². The number of hydrogen-bond acceptors (Lipinski definition) is 5. The lowest BCUT2D eigenvalue weighted by molar-refractivity contribution is 0.0778. The molecule has 0 spiro atoms. The van der Waals surface area contributed by atoms with E-state index in [4.69, 9.17) is 0 Å². The highest BCUT2D eigenvalue weighted by molar-refractivity contribution is 7.12. The van der Waals surface area contributed by atoms with Crippen molar-refractivity contribution in [3.63, 3.8) is 0 Å². The van der Waals surface area contributed by atoms with Crippen molar-refractivity contribution >= 4 is 34.4 Å². The molecule has 3 rings (SSSR count). The van der Waals surface area contributed by atoms with Crippen LogP contribution in [0.1, 0.15) is 43.1 Å². The third-order valence-corrected chi connectivity index (χ3v) is 6.54. The first kappa shape index (κ1) is 18.3. The first-order valence-electron chi connectivity index (χ1n) is 8.55. The summed E-state index contributed by atoms with van der Waals surface area (Å²) < 4.78 is 0. The lowest BCUT2D eigenvalue weighted by atomic mass is 10.1. The third-order valence-electron chi connectivity index (χ3n) is 4.64. The fourth-order valence-electron chi connectivity index (χ4n) is 3.29. The summed E-state index contributed by atoms with van der Waals surface area (Å²) in [6.45, 7) is 7.59. The number of Topliss-reactive ketones (excluding diaryl/α,β-unsaturated/α-hetero) is 1. The van der Waals surface area contributed by atoms with Gasteiger partial charge in [-0.2, -0.15) is 0 Å². The van der Waals surface area contributed by atoms with Crippen molar-refractivity contribution in [1.82, 2.24) is 9.80 Å². The van der Waals surface area contributed by atoms with Gasteiger partial charge in [-0.1, -0.05) is 0 Å². The van der Waals surface area contributed by atoms with Gasteiger partial charge in [0.05, 0.1) is 4.88 Å². The second-order valence-electron chi connectivity index (χ2n) is 6.84. The molecule has 1 amide bonds. The topological polar surface area (TPSA) is 40.6 Å². The largest absolute Gasteiger partial charge is 0.341 e. The van der Waals surface area contributed by atoms with E-state index in [9.17, 15) is 9.59 Å². The Labute approximate surface area is 157 Å². The molecule has 1 fully saturated rings. The number of amides is 1. The Morgan fingerprint density at radius 3 is 2.80 bits per heavy atom. The van der Waals surface area contributed by atoms with E-state index in [1.165, 1.54) is 28.0 Å². The number of ketones is 1. The van der Waals surface area contributed by atoms with Crippen molar-refractivity contribution in [2.75, 3.05) is 26.7 Å². The normalized spacial score (nSPS) is 17.8. The van der Waals surface area contributed by atoms with E-state index < -0.39 is 0 Å². The standard InChI is InChI=1S/C19H24N2O2S2/c1-13-4-5-17(25-13)11-21-7-6-15(10-21)9-20(3)19(23)18-8-16(12-24-18)14(2)22/h4-5,8,12,15H,6-7,9-11H2,1-3H3. The summed E-state index contributed by atoms with van der Waals surface area (Å²) in [5, 5.41) is 1.77. The zero-order valence-corrected chi connectivity index (χ0v) is 16.6. The third kappa shape index (κ3) is 4.57. The Hall–Kier alpha value is -1.50. The maximum Gasteiger partial charge on any atom is 0.263 e. The van der Waals surface area contributed by atoms with E-state index in [1.54, 1.807) is 16.3 Å². The van der Waals surface area contributed by atoms with Gasteiger partial charge >= 0.3 is 0 Å². The molecular formula is C19H24N2O2S2. The predicted molar refractivity (Wildman–Crippen MR) is 104 cm³/mol. The SMILES string of the molecule is CC(=O)c1csc(C(=O)N(C)CC2CCN(Cc3ccc(C)s3)C2)c1. The Morgan fingerprint density at radius 2 is 2.16 bits per heavy atom. The van der Waals surface area contributed by atoms with Crippen molar-refractivity contribution < 1.29 is 9.59 Å². The second-order valence-corrected chi connectivity index (χ2v) is 9.13. The minimum absolute atomic E-state index is 0.00759. The summed E-state index contributed by atoms with van der Waals surface area (Å²) in [4.78, 5) is 31.7. The first-order valence-corrected chi connectivity index (χ1v) is 10.2. The molecule has 134 valence electrons. The summed E-state index contributed by atoms with van der Waals surface area (Å²) in [5.74, 6) is 0.542. The molecule has 0 bridgehead atoms. The zero-order valence-electron chi connectivity index (χ0n) is 14.9. The quantitative estimate of drug-likeness (QED) is 0.718. The lowest BCUT2D eigenvalue weighted by Crippen LogP contribution is -2.32. The molecule has 1 saturated heterocycles. The van der Waals surface area contributed by atoms with E-state index in [1.807, 2.05) is 18.4 Å². The Bertz CT molecular complexity index is 765. The van der Waals surface area contributed by atoms with Crippen LogP contribution in [-0.4, -0.2) is 48.2 Å². The fourth-order valence-corrected chi connectivity index (χ4v) is 5.16. The Kier molecular flexibility index (Phi) is 5.71. The highest BCUT2D eigenvalue weighted by Gasteiger charge is 2.26. The van der Waals surface area contributed by atoms with Gasteiger partial charge in [-0.3, -0.25) is 14.5 Å². The van der Waals surface area contributed by atoms with E-state index >= 15 is 0 Å². The molecule has 1 unspecified atom stereocenters. The van der Waals surface area contributed by atoms with Gasteiger partial charge in [-0.25, -0.2) is 0 Å². The predicted octanol–water partition coefficient (Wildman–Crippen LogP) is 3.91. The van der Waals surface area contributed by atoms with Crippen LogP contribution < -0.4 is 0 Å². The molecule has 1 aliphatic rings. The minimum atomic E-state index is 0.00759. The molecule has 1 atom stereocenters. The molecular weight excluding hydrogens is 352 g/mol. The number of rotatable bonds is 6. The molecule has 4 nitrogen and oxygen atoms in total. The monoisotopic (exact) mass is 376 g/mol. The summed E-state index contributed by atoms with van der Waals surface area (Å²) in [6, 6.07) is 6.11. The van der Waals surface area contributed by atoms with Crippen LogP contribution in [0.25, 0.3) is 0 Å². The fraction of sp³-hybridized carbons (Fsp3) is 0.474. The summed E-state index contributed by atoms with van der Waals surface area (Å²) in [6.07, 6.45) is 1.13. The van der Waals surface area contributed by atoms with Crippen molar-refractivity contribution in [2.24, 2.45) is 5.92 Å². The molecule has 0 aromatic carbocycles. The maximum atomic E-state index is 12.6. The number of thiophene rings is 2. The van der Waals surface area contributed by atoms with Crippen molar-refractivity contribution in [3.8, 4) is 0 Å². The van der Waals surface area contributed by atoms with Crippen LogP contribution in [0.4, 0.5) is 0 Å². The van der Waals surface area contributed by atoms with Crippen LogP contribution >= 0.6 is 22.7 Å². The highest BCUT2D eigenvalue weighted by Crippen LogP contribution is 2.24. The molecule has 0 aliphatic carbocycles. The molecule has 0 radical (unpaired) electrons. The van der Waals surface area contributed by atoms with Gasteiger partial charge in [0, 0.05) is 47.4 Å². The van der Waals surface area contributed by atoms with Crippen LogP contribution in [-0.2, 0) is 6.54 Å². The maximum absolute atomic E-state index is 12.6. The lowest BCUT2D eigenvalue weighted by Gasteiger charge is -2.21. The highest BCUT2D eigenvalue weighted by atomic mass is 32.1. The smallest absolute Gasteiger partial charge is 0.263 e. The molecule has 2 aromatic heterocycles. The Morgan fingerprint density at radius 1 is 1.36 bits per heavy atom. The number of aryl methyl sites for hydroxylation is 1. The van der Waals surface area contributed by atoms with E-state index in [-0.39, 0.29) is 11.7 Å². The number of carbonyl (C=O) groups is 2. The molecule has 0 saturated carbocycles. The van der Waals surface area contributed by atoms with Crippen LogP contribution in [0.2, 0.25) is 0 Å². The van der Waals surface area contributed by atoms with Gasteiger partial charge in [0.2, 0.25) is 0 Å². The van der Waals surface area contributed by atoms with E-state index in [0.717, 1.165) is 32.6 Å². The minimum Gasteiger partial charge on any atom is -0.341 e.